The van der Waals surface area contributed by atoms with Gasteiger partial charge in [-0.15, -0.1) is 0 Å². The lowest BCUT2D eigenvalue weighted by atomic mass is 9.60. The van der Waals surface area contributed by atoms with Gasteiger partial charge in [0.05, 0.1) is 25.5 Å². The van der Waals surface area contributed by atoms with E-state index in [9.17, 15) is 9.65 Å². The van der Waals surface area contributed by atoms with E-state index in [2.05, 4.69) is 16.7 Å². The fourth-order valence-corrected chi connectivity index (χ4v) is 6.20. The Hall–Kier alpha value is -0.740. The first-order valence-electron chi connectivity index (χ1n) is 11.0. The van der Waals surface area contributed by atoms with Crippen LogP contribution in [0.1, 0.15) is 51.4 Å². The van der Waals surface area contributed by atoms with Crippen molar-refractivity contribution in [3.8, 4) is 6.07 Å². The molecule has 5 nitrogen and oxygen atoms in total. The lowest BCUT2D eigenvalue weighted by molar-refractivity contribution is -0.0734. The van der Waals surface area contributed by atoms with Gasteiger partial charge in [0, 0.05) is 19.0 Å². The van der Waals surface area contributed by atoms with Crippen molar-refractivity contribution in [3.05, 3.63) is 0 Å². The van der Waals surface area contributed by atoms with Crippen molar-refractivity contribution < 1.29 is 13.9 Å². The van der Waals surface area contributed by atoms with Gasteiger partial charge in [-0.2, -0.15) is 5.26 Å². The minimum atomic E-state index is -1.06. The molecule has 2 saturated heterocycles. The lowest BCUT2D eigenvalue weighted by Crippen LogP contribution is -2.48. The Morgan fingerprint density at radius 2 is 1.93 bits per heavy atom. The van der Waals surface area contributed by atoms with E-state index in [0.29, 0.717) is 24.5 Å². The van der Waals surface area contributed by atoms with Crippen molar-refractivity contribution in [3.63, 3.8) is 0 Å². The minimum Gasteiger partial charge on any atom is -0.376 e. The molecule has 2 aliphatic heterocycles. The lowest BCUT2D eigenvalue weighted by Gasteiger charge is -2.47. The SMILES string of the molecule is N#CC1CCC(C2CCCC(C[C@H]3CNCCO3)C2C2OCNC2F)CC1. The van der Waals surface area contributed by atoms with E-state index in [0.717, 1.165) is 58.2 Å². The number of hydrogen-bond acceptors (Lipinski definition) is 5. The summed E-state index contributed by atoms with van der Waals surface area (Å²) in [5.74, 6) is 2.08. The molecule has 0 aromatic carbocycles. The molecule has 4 aliphatic rings. The summed E-state index contributed by atoms with van der Waals surface area (Å²) in [5.41, 5.74) is 0. The summed E-state index contributed by atoms with van der Waals surface area (Å²) in [6.07, 6.45) is 7.67. The zero-order chi connectivity index (χ0) is 18.6. The number of hydrogen-bond donors (Lipinski definition) is 2. The van der Waals surface area contributed by atoms with Crippen molar-refractivity contribution in [2.75, 3.05) is 26.4 Å². The van der Waals surface area contributed by atoms with Gasteiger partial charge in [0.1, 0.15) is 6.10 Å². The number of ether oxygens (including phenoxy) is 2. The molecule has 152 valence electrons. The van der Waals surface area contributed by atoms with Crippen LogP contribution < -0.4 is 10.6 Å². The topological polar surface area (TPSA) is 66.3 Å². The number of halogens is 1. The van der Waals surface area contributed by atoms with E-state index in [1.165, 1.54) is 12.8 Å². The molecule has 2 aliphatic carbocycles. The minimum absolute atomic E-state index is 0.221. The molecule has 6 heteroatoms. The molecule has 2 N–H and O–H groups in total. The van der Waals surface area contributed by atoms with Gasteiger partial charge in [0.25, 0.3) is 0 Å². The summed E-state index contributed by atoms with van der Waals surface area (Å²) in [7, 11) is 0. The van der Waals surface area contributed by atoms with E-state index < -0.39 is 6.30 Å². The van der Waals surface area contributed by atoms with Crippen molar-refractivity contribution in [2.24, 2.45) is 29.6 Å². The number of morpholine rings is 1. The first kappa shape index (κ1) is 19.6. The summed E-state index contributed by atoms with van der Waals surface area (Å²) in [6.45, 7) is 2.93. The summed E-state index contributed by atoms with van der Waals surface area (Å²) < 4.78 is 26.5. The van der Waals surface area contributed by atoms with E-state index in [4.69, 9.17) is 9.47 Å². The van der Waals surface area contributed by atoms with Gasteiger partial charge in [0.15, 0.2) is 6.30 Å². The Kier molecular flexibility index (Phi) is 6.65. The second-order valence-electron chi connectivity index (χ2n) is 8.99. The summed E-state index contributed by atoms with van der Waals surface area (Å²) in [4.78, 5) is 0. The van der Waals surface area contributed by atoms with E-state index in [1.54, 1.807) is 0 Å². The predicted molar refractivity (Wildman–Crippen MR) is 100 cm³/mol. The van der Waals surface area contributed by atoms with E-state index in [1.807, 2.05) is 0 Å². The van der Waals surface area contributed by atoms with Crippen molar-refractivity contribution in [2.45, 2.75) is 69.9 Å². The molecule has 5 unspecified atom stereocenters. The molecule has 0 amide bonds. The quantitative estimate of drug-likeness (QED) is 0.735. The molecular weight excluding hydrogens is 345 g/mol. The fourth-order valence-electron chi connectivity index (χ4n) is 6.20. The van der Waals surface area contributed by atoms with Crippen molar-refractivity contribution in [1.82, 2.24) is 10.6 Å². The molecule has 4 rings (SSSR count). The van der Waals surface area contributed by atoms with E-state index in [-0.39, 0.29) is 24.0 Å². The number of nitriles is 1. The highest BCUT2D eigenvalue weighted by Gasteiger charge is 2.48. The molecule has 0 aromatic heterocycles. The van der Waals surface area contributed by atoms with Crippen LogP contribution in [0.5, 0.6) is 0 Å². The molecule has 2 saturated carbocycles. The Morgan fingerprint density at radius 3 is 2.59 bits per heavy atom. The molecule has 0 bridgehead atoms. The highest BCUT2D eigenvalue weighted by atomic mass is 19.1. The molecule has 0 aromatic rings. The molecule has 0 radical (unpaired) electrons. The Morgan fingerprint density at radius 1 is 1.07 bits per heavy atom. The second-order valence-corrected chi connectivity index (χ2v) is 8.99. The zero-order valence-electron chi connectivity index (χ0n) is 16.2. The van der Waals surface area contributed by atoms with Gasteiger partial charge in [-0.3, -0.25) is 5.32 Å². The monoisotopic (exact) mass is 379 g/mol. The number of alkyl halides is 1. The first-order chi connectivity index (χ1) is 13.3. The number of nitrogens with one attached hydrogen (secondary N) is 2. The van der Waals surface area contributed by atoms with Crippen LogP contribution in [-0.4, -0.2) is 44.9 Å². The van der Waals surface area contributed by atoms with Gasteiger partial charge in [-0.05, 0) is 68.6 Å². The molecular formula is C21H34FN3O2. The maximum atomic E-state index is 14.7. The maximum absolute atomic E-state index is 14.7. The van der Waals surface area contributed by atoms with Crippen LogP contribution in [0.2, 0.25) is 0 Å². The molecule has 2 heterocycles. The third-order valence-corrected chi connectivity index (χ3v) is 7.50. The first-order valence-corrected chi connectivity index (χ1v) is 11.0. The Labute approximate surface area is 162 Å². The molecule has 6 atom stereocenters. The van der Waals surface area contributed by atoms with Crippen molar-refractivity contribution >= 4 is 0 Å². The smallest absolute Gasteiger partial charge is 0.179 e. The van der Waals surface area contributed by atoms with Crippen LogP contribution in [0.4, 0.5) is 4.39 Å². The number of nitrogens with zero attached hydrogens (tertiary/aromatic N) is 1. The van der Waals surface area contributed by atoms with Crippen LogP contribution in [0, 0.1) is 40.9 Å². The van der Waals surface area contributed by atoms with Gasteiger partial charge in [-0.1, -0.05) is 6.42 Å². The maximum Gasteiger partial charge on any atom is 0.179 e. The van der Waals surface area contributed by atoms with E-state index >= 15 is 0 Å². The highest BCUT2D eigenvalue weighted by molar-refractivity contribution is 4.97. The van der Waals surface area contributed by atoms with Gasteiger partial charge >= 0.3 is 0 Å². The fraction of sp³-hybridized carbons (Fsp3) is 0.952. The van der Waals surface area contributed by atoms with Gasteiger partial charge in [-0.25, -0.2) is 4.39 Å². The average molecular weight is 380 g/mol. The largest absolute Gasteiger partial charge is 0.376 e. The zero-order valence-corrected chi connectivity index (χ0v) is 16.2. The Balaban J connectivity index is 1.49. The molecule has 0 spiro atoms. The van der Waals surface area contributed by atoms with Crippen molar-refractivity contribution in [1.29, 1.82) is 5.26 Å². The van der Waals surface area contributed by atoms with Crippen LogP contribution in [0.25, 0.3) is 0 Å². The van der Waals surface area contributed by atoms with Crippen LogP contribution in [-0.2, 0) is 9.47 Å². The van der Waals surface area contributed by atoms with Crippen LogP contribution >= 0.6 is 0 Å². The third kappa shape index (κ3) is 4.48. The number of rotatable bonds is 4. The summed E-state index contributed by atoms with van der Waals surface area (Å²) in [6, 6.07) is 2.45. The standard InChI is InChI=1S/C21H34FN3O2/c22-21-20(27-13-25-21)19-16(10-17-12-24-8-9-26-17)2-1-3-18(19)15-6-4-14(11-23)5-7-15/h14-21,24-25H,1-10,12-13H2/t14?,15?,16?,17-,18?,19?,20?,21?/m0/s1. The normalized spacial score (nSPS) is 46.1. The molecule has 4 fully saturated rings. The average Bonchev–Trinajstić information content (AvgIpc) is 3.14. The van der Waals surface area contributed by atoms with Gasteiger partial charge < -0.3 is 14.8 Å². The van der Waals surface area contributed by atoms with Crippen LogP contribution in [0.15, 0.2) is 0 Å². The summed E-state index contributed by atoms with van der Waals surface area (Å²) >= 11 is 0. The highest BCUT2D eigenvalue weighted by Crippen LogP contribution is 2.49. The van der Waals surface area contributed by atoms with Gasteiger partial charge in [0.2, 0.25) is 0 Å². The Bertz CT molecular complexity index is 514. The third-order valence-electron chi connectivity index (χ3n) is 7.50. The molecule has 27 heavy (non-hydrogen) atoms. The summed E-state index contributed by atoms with van der Waals surface area (Å²) in [5, 5.41) is 15.5. The van der Waals surface area contributed by atoms with Crippen LogP contribution in [0.3, 0.4) is 0 Å². The predicted octanol–water partition coefficient (Wildman–Crippen LogP) is 2.97. The second kappa shape index (κ2) is 9.17.